The summed E-state index contributed by atoms with van der Waals surface area (Å²) in [6.07, 6.45) is 3.27. The number of hydrogen-bond acceptors (Lipinski definition) is 1. The Morgan fingerprint density at radius 1 is 1.27 bits per heavy atom. The quantitative estimate of drug-likeness (QED) is 0.744. The maximum Gasteiger partial charge on any atom is 0.226 e. The minimum Gasteiger partial charge on any atom is -0.353 e. The Bertz CT molecular complexity index is 221. The van der Waals surface area contributed by atoms with Gasteiger partial charge >= 0.3 is 0 Å². The van der Waals surface area contributed by atoms with Gasteiger partial charge < -0.3 is 5.32 Å². The lowest BCUT2D eigenvalue weighted by atomic mass is 9.66. The number of amides is 1. The zero-order chi connectivity index (χ0) is 11.6. The number of rotatable bonds is 5. The third kappa shape index (κ3) is 2.35. The molecule has 0 atom stereocenters. The summed E-state index contributed by atoms with van der Waals surface area (Å²) in [7, 11) is 0. The highest BCUT2D eigenvalue weighted by atomic mass is 16.2. The summed E-state index contributed by atoms with van der Waals surface area (Å²) < 4.78 is 0. The molecule has 0 spiro atoms. The number of carbonyl (C=O) groups excluding carboxylic acids is 1. The van der Waals surface area contributed by atoms with E-state index in [2.05, 4.69) is 39.9 Å². The molecule has 0 aliphatic heterocycles. The van der Waals surface area contributed by atoms with Crippen LogP contribution in [0.2, 0.25) is 0 Å². The Morgan fingerprint density at radius 3 is 2.00 bits per heavy atom. The first-order valence-electron chi connectivity index (χ1n) is 6.26. The van der Waals surface area contributed by atoms with Crippen molar-refractivity contribution in [2.75, 3.05) is 0 Å². The van der Waals surface area contributed by atoms with Gasteiger partial charge in [0.1, 0.15) is 0 Å². The van der Waals surface area contributed by atoms with Crippen LogP contribution in [0.4, 0.5) is 0 Å². The van der Waals surface area contributed by atoms with E-state index < -0.39 is 0 Å². The largest absolute Gasteiger partial charge is 0.353 e. The van der Waals surface area contributed by atoms with Gasteiger partial charge in [-0.1, -0.05) is 34.6 Å². The van der Waals surface area contributed by atoms with Gasteiger partial charge in [-0.25, -0.2) is 0 Å². The molecular formula is C13H25NO. The molecule has 0 aromatic rings. The highest BCUT2D eigenvalue weighted by Crippen LogP contribution is 2.40. The molecule has 2 heteroatoms. The highest BCUT2D eigenvalue weighted by molar-refractivity contribution is 5.83. The molecule has 0 radical (unpaired) electrons. The second-order valence-electron chi connectivity index (χ2n) is 5.45. The van der Waals surface area contributed by atoms with Gasteiger partial charge in [0.2, 0.25) is 5.91 Å². The van der Waals surface area contributed by atoms with E-state index in [4.69, 9.17) is 0 Å². The van der Waals surface area contributed by atoms with Crippen LogP contribution < -0.4 is 5.32 Å². The van der Waals surface area contributed by atoms with Crippen LogP contribution in [0.25, 0.3) is 0 Å². The molecule has 1 aliphatic carbocycles. The van der Waals surface area contributed by atoms with Gasteiger partial charge in [-0.15, -0.1) is 0 Å². The Labute approximate surface area is 93.8 Å². The van der Waals surface area contributed by atoms with E-state index in [0.717, 1.165) is 6.42 Å². The third-order valence-corrected chi connectivity index (χ3v) is 3.98. The lowest BCUT2D eigenvalue weighted by molar-refractivity contribution is -0.137. The van der Waals surface area contributed by atoms with Crippen LogP contribution in [0.15, 0.2) is 0 Å². The van der Waals surface area contributed by atoms with Crippen molar-refractivity contribution in [3.05, 3.63) is 0 Å². The van der Waals surface area contributed by atoms with Crippen molar-refractivity contribution in [3.8, 4) is 0 Å². The standard InChI is InChI=1S/C13H25NO/c1-6-13(9(2)3,10(4)5)12(15)14-11-7-8-11/h9-11H,6-8H2,1-5H3,(H,14,15). The van der Waals surface area contributed by atoms with Gasteiger partial charge in [-0.05, 0) is 31.1 Å². The molecule has 1 N–H and O–H groups in total. The lowest BCUT2D eigenvalue weighted by Crippen LogP contribution is -2.48. The van der Waals surface area contributed by atoms with E-state index in [9.17, 15) is 4.79 Å². The summed E-state index contributed by atoms with van der Waals surface area (Å²) >= 11 is 0. The van der Waals surface area contributed by atoms with E-state index >= 15 is 0 Å². The Hall–Kier alpha value is -0.530. The maximum absolute atomic E-state index is 12.3. The Kier molecular flexibility index (Phi) is 3.80. The molecule has 0 bridgehead atoms. The van der Waals surface area contributed by atoms with Crippen LogP contribution in [-0.2, 0) is 4.79 Å². The van der Waals surface area contributed by atoms with Crippen LogP contribution in [-0.4, -0.2) is 11.9 Å². The highest BCUT2D eigenvalue weighted by Gasteiger charge is 2.44. The summed E-state index contributed by atoms with van der Waals surface area (Å²) in [6, 6.07) is 0.473. The zero-order valence-electron chi connectivity index (χ0n) is 10.8. The van der Waals surface area contributed by atoms with Crippen molar-refractivity contribution in [1.29, 1.82) is 0 Å². The van der Waals surface area contributed by atoms with E-state index in [0.29, 0.717) is 17.9 Å². The van der Waals surface area contributed by atoms with Gasteiger partial charge in [0.05, 0.1) is 5.41 Å². The molecule has 1 rings (SSSR count). The van der Waals surface area contributed by atoms with Gasteiger partial charge in [0.25, 0.3) is 0 Å². The minimum absolute atomic E-state index is 0.178. The molecular weight excluding hydrogens is 186 g/mol. The second kappa shape index (κ2) is 4.54. The molecule has 0 saturated heterocycles. The third-order valence-electron chi connectivity index (χ3n) is 3.98. The minimum atomic E-state index is -0.178. The lowest BCUT2D eigenvalue weighted by Gasteiger charge is -2.39. The van der Waals surface area contributed by atoms with Gasteiger partial charge in [0, 0.05) is 6.04 Å². The summed E-state index contributed by atoms with van der Waals surface area (Å²) in [5.74, 6) is 1.08. The van der Waals surface area contributed by atoms with Gasteiger partial charge in [-0.3, -0.25) is 4.79 Å². The second-order valence-corrected chi connectivity index (χ2v) is 5.45. The maximum atomic E-state index is 12.3. The van der Waals surface area contributed by atoms with Crippen molar-refractivity contribution in [2.24, 2.45) is 17.3 Å². The van der Waals surface area contributed by atoms with E-state index in [1.807, 2.05) is 0 Å². The van der Waals surface area contributed by atoms with Crippen molar-refractivity contribution >= 4 is 5.91 Å². The zero-order valence-corrected chi connectivity index (χ0v) is 10.8. The fourth-order valence-corrected chi connectivity index (χ4v) is 2.72. The summed E-state index contributed by atoms with van der Waals surface area (Å²) in [6.45, 7) is 10.8. The molecule has 0 heterocycles. The first-order chi connectivity index (χ1) is 6.95. The first kappa shape index (κ1) is 12.5. The summed E-state index contributed by atoms with van der Waals surface area (Å²) in [5, 5.41) is 3.17. The van der Waals surface area contributed by atoms with Crippen LogP contribution in [0.1, 0.15) is 53.9 Å². The SMILES string of the molecule is CCC(C(=O)NC1CC1)(C(C)C)C(C)C. The van der Waals surface area contributed by atoms with Crippen LogP contribution >= 0.6 is 0 Å². The van der Waals surface area contributed by atoms with Crippen molar-refractivity contribution in [1.82, 2.24) is 5.32 Å². The molecule has 1 aliphatic rings. The molecule has 88 valence electrons. The molecule has 0 aromatic carbocycles. The number of nitrogens with one attached hydrogen (secondary N) is 1. The predicted octanol–water partition coefficient (Wildman–Crippen LogP) is 2.97. The summed E-state index contributed by atoms with van der Waals surface area (Å²) in [5.41, 5.74) is -0.178. The smallest absolute Gasteiger partial charge is 0.226 e. The normalized spacial score (nSPS) is 17.3. The Balaban J connectivity index is 2.80. The summed E-state index contributed by atoms with van der Waals surface area (Å²) in [4.78, 5) is 12.3. The molecule has 15 heavy (non-hydrogen) atoms. The van der Waals surface area contributed by atoms with Crippen LogP contribution in [0.3, 0.4) is 0 Å². The number of hydrogen-bond donors (Lipinski definition) is 1. The molecule has 0 unspecified atom stereocenters. The molecule has 1 amide bonds. The van der Waals surface area contributed by atoms with Crippen LogP contribution in [0.5, 0.6) is 0 Å². The molecule has 0 aromatic heterocycles. The van der Waals surface area contributed by atoms with E-state index in [-0.39, 0.29) is 11.3 Å². The van der Waals surface area contributed by atoms with E-state index in [1.165, 1.54) is 12.8 Å². The number of carbonyl (C=O) groups is 1. The van der Waals surface area contributed by atoms with Crippen LogP contribution in [0, 0.1) is 17.3 Å². The predicted molar refractivity (Wildman–Crippen MR) is 63.6 cm³/mol. The molecule has 1 saturated carbocycles. The fourth-order valence-electron chi connectivity index (χ4n) is 2.72. The molecule has 2 nitrogen and oxygen atoms in total. The topological polar surface area (TPSA) is 29.1 Å². The van der Waals surface area contributed by atoms with Crippen molar-refractivity contribution < 1.29 is 4.79 Å². The Morgan fingerprint density at radius 2 is 1.73 bits per heavy atom. The van der Waals surface area contributed by atoms with Gasteiger partial charge in [0.15, 0.2) is 0 Å². The van der Waals surface area contributed by atoms with E-state index in [1.54, 1.807) is 0 Å². The molecule has 1 fully saturated rings. The van der Waals surface area contributed by atoms with Gasteiger partial charge in [-0.2, -0.15) is 0 Å². The first-order valence-corrected chi connectivity index (χ1v) is 6.26. The average molecular weight is 211 g/mol. The average Bonchev–Trinajstić information content (AvgIpc) is 2.88. The fraction of sp³-hybridized carbons (Fsp3) is 0.923. The monoisotopic (exact) mass is 211 g/mol. The van der Waals surface area contributed by atoms with Crippen molar-refractivity contribution in [3.63, 3.8) is 0 Å². The van der Waals surface area contributed by atoms with Crippen molar-refractivity contribution in [2.45, 2.75) is 59.9 Å².